The molecule has 2 aromatic heterocycles. The van der Waals surface area contributed by atoms with E-state index in [4.69, 9.17) is 18.6 Å². The number of nitro benzene ring substituents is 1. The van der Waals surface area contributed by atoms with Crippen molar-refractivity contribution in [2.24, 2.45) is 0 Å². The first kappa shape index (κ1) is 28.8. The highest BCUT2D eigenvalue weighted by Crippen LogP contribution is 2.35. The van der Waals surface area contributed by atoms with Crippen molar-refractivity contribution in [3.8, 4) is 23.1 Å². The van der Waals surface area contributed by atoms with Crippen LogP contribution in [0.4, 0.5) is 5.69 Å². The molecule has 0 aliphatic rings. The number of thiophene rings is 1. The second-order valence-electron chi connectivity index (χ2n) is 7.91. The van der Waals surface area contributed by atoms with Gasteiger partial charge < -0.3 is 18.6 Å². The van der Waals surface area contributed by atoms with Gasteiger partial charge in [-0.25, -0.2) is 9.59 Å². The van der Waals surface area contributed by atoms with E-state index in [0.29, 0.717) is 16.9 Å². The number of nitriles is 1. The molecule has 0 radical (unpaired) electrons. The zero-order valence-electron chi connectivity index (χ0n) is 21.6. The van der Waals surface area contributed by atoms with Crippen molar-refractivity contribution in [2.75, 3.05) is 20.3 Å². The molecule has 0 atom stereocenters. The summed E-state index contributed by atoms with van der Waals surface area (Å²) in [6, 6.07) is 8.88. The maximum absolute atomic E-state index is 13.1. The summed E-state index contributed by atoms with van der Waals surface area (Å²) in [5.41, 5.74) is 0.312. The lowest BCUT2D eigenvalue weighted by Crippen LogP contribution is -2.12. The second kappa shape index (κ2) is 12.7. The number of benzene rings is 1. The molecular weight excluding hydrogens is 528 g/mol. The van der Waals surface area contributed by atoms with Gasteiger partial charge in [0.15, 0.2) is 5.78 Å². The Labute approximate surface area is 227 Å². The van der Waals surface area contributed by atoms with Crippen LogP contribution >= 0.6 is 11.3 Å². The Kier molecular flexibility index (Phi) is 9.35. The number of ether oxygens (including phenoxy) is 3. The molecule has 0 aliphatic carbocycles. The highest BCUT2D eigenvalue weighted by Gasteiger charge is 2.28. The first-order valence-corrected chi connectivity index (χ1v) is 12.5. The van der Waals surface area contributed by atoms with Crippen molar-refractivity contribution in [3.63, 3.8) is 0 Å². The lowest BCUT2D eigenvalue weighted by molar-refractivity contribution is -0.384. The molecule has 11 nitrogen and oxygen atoms in total. The van der Waals surface area contributed by atoms with Gasteiger partial charge in [-0.05, 0) is 44.5 Å². The fourth-order valence-corrected chi connectivity index (χ4v) is 4.88. The maximum atomic E-state index is 13.1. The van der Waals surface area contributed by atoms with Gasteiger partial charge in [0, 0.05) is 29.5 Å². The van der Waals surface area contributed by atoms with Crippen LogP contribution in [0.5, 0.6) is 5.75 Å². The average Bonchev–Trinajstić information content (AvgIpc) is 3.51. The van der Waals surface area contributed by atoms with E-state index < -0.39 is 22.6 Å². The van der Waals surface area contributed by atoms with E-state index in [1.807, 2.05) is 6.07 Å². The third kappa shape index (κ3) is 6.39. The van der Waals surface area contributed by atoms with Crippen molar-refractivity contribution in [3.05, 3.63) is 72.7 Å². The zero-order valence-corrected chi connectivity index (χ0v) is 22.4. The van der Waals surface area contributed by atoms with Gasteiger partial charge in [-0.3, -0.25) is 14.9 Å². The van der Waals surface area contributed by atoms with Crippen LogP contribution in [-0.2, 0) is 20.7 Å². The van der Waals surface area contributed by atoms with Crippen LogP contribution < -0.4 is 4.74 Å². The molecule has 0 N–H and O–H groups in total. The van der Waals surface area contributed by atoms with E-state index in [0.717, 1.165) is 11.3 Å². The van der Waals surface area contributed by atoms with Crippen LogP contribution in [0.15, 0.2) is 40.3 Å². The molecule has 0 saturated carbocycles. The molecule has 0 unspecified atom stereocenters. The van der Waals surface area contributed by atoms with Crippen LogP contribution in [0, 0.1) is 28.4 Å². The van der Waals surface area contributed by atoms with Crippen LogP contribution in [0.25, 0.3) is 17.4 Å². The predicted octanol–water partition coefficient (Wildman–Crippen LogP) is 5.31. The molecule has 0 bridgehead atoms. The lowest BCUT2D eigenvalue weighted by atomic mass is 10.0. The van der Waals surface area contributed by atoms with E-state index in [9.17, 15) is 29.8 Å². The average molecular weight is 553 g/mol. The number of nitrogens with zero attached hydrogens (tertiary/aromatic N) is 2. The minimum Gasteiger partial charge on any atom is -0.496 e. The smallest absolute Gasteiger partial charge is 0.348 e. The highest BCUT2D eigenvalue weighted by molar-refractivity contribution is 7.14. The summed E-state index contributed by atoms with van der Waals surface area (Å²) < 4.78 is 21.2. The topological polar surface area (TPSA) is 159 Å². The van der Waals surface area contributed by atoms with E-state index in [1.165, 1.54) is 43.5 Å². The molecule has 3 rings (SSSR count). The van der Waals surface area contributed by atoms with Gasteiger partial charge >= 0.3 is 11.9 Å². The van der Waals surface area contributed by atoms with Crippen molar-refractivity contribution in [1.29, 1.82) is 5.26 Å². The van der Waals surface area contributed by atoms with E-state index in [1.54, 1.807) is 20.8 Å². The normalized spacial score (nSPS) is 11.0. The molecule has 12 heteroatoms. The van der Waals surface area contributed by atoms with Crippen molar-refractivity contribution in [1.82, 2.24) is 0 Å². The standard InChI is InChI=1S/C27H24N2O9S/c1-5-36-26(31)24-15(3)25(27(32)37-6-2)39-23(24)13-20(30)16(14-28)11-18-8-10-22(38-18)19-12-17(29(33)34)7-9-21(19)35-4/h7-12H,5-6,13H2,1-4H3/b16-11+. The lowest BCUT2D eigenvalue weighted by Gasteiger charge is -2.06. The summed E-state index contributed by atoms with van der Waals surface area (Å²) in [4.78, 5) is 49.2. The van der Waals surface area contributed by atoms with Gasteiger partial charge in [0.1, 0.15) is 28.2 Å². The van der Waals surface area contributed by atoms with E-state index in [2.05, 4.69) is 0 Å². The Hall–Kier alpha value is -4.76. The maximum Gasteiger partial charge on any atom is 0.348 e. The van der Waals surface area contributed by atoms with Crippen molar-refractivity contribution >= 4 is 40.8 Å². The number of methoxy groups -OCH3 is 1. The van der Waals surface area contributed by atoms with Gasteiger partial charge in [-0.2, -0.15) is 5.26 Å². The first-order chi connectivity index (χ1) is 18.6. The number of non-ortho nitro benzene ring substituents is 1. The molecule has 39 heavy (non-hydrogen) atoms. The number of carbonyl (C=O) groups excluding carboxylic acids is 3. The highest BCUT2D eigenvalue weighted by atomic mass is 32.1. The molecule has 1 aromatic carbocycles. The number of rotatable bonds is 11. The van der Waals surface area contributed by atoms with Gasteiger partial charge in [-0.15, -0.1) is 11.3 Å². The summed E-state index contributed by atoms with van der Waals surface area (Å²) >= 11 is 0.935. The molecule has 3 aromatic rings. The van der Waals surface area contributed by atoms with Crippen LogP contribution in [0.1, 0.15) is 50.1 Å². The molecule has 0 aliphatic heterocycles. The summed E-state index contributed by atoms with van der Waals surface area (Å²) in [6.45, 7) is 5.07. The molecule has 0 spiro atoms. The number of esters is 2. The largest absolute Gasteiger partial charge is 0.496 e. The molecule has 0 amide bonds. The number of furan rings is 1. The number of hydrogen-bond donors (Lipinski definition) is 0. The van der Waals surface area contributed by atoms with Gasteiger partial charge in [0.2, 0.25) is 0 Å². The van der Waals surface area contributed by atoms with Gasteiger partial charge in [0.25, 0.3) is 5.69 Å². The predicted molar refractivity (Wildman–Crippen MR) is 141 cm³/mol. The zero-order chi connectivity index (χ0) is 28.7. The summed E-state index contributed by atoms with van der Waals surface area (Å²) in [5, 5.41) is 20.9. The SMILES string of the molecule is CCOC(=O)c1sc(CC(=O)/C(C#N)=C/c2ccc(-c3cc([N+](=O)[O-])ccc3OC)o2)c(C(=O)OCC)c1C. The Balaban J connectivity index is 1.95. The number of ketones is 1. The quantitative estimate of drug-likeness (QED) is 0.100. The second-order valence-corrected chi connectivity index (χ2v) is 9.01. The van der Waals surface area contributed by atoms with Crippen LogP contribution in [-0.4, -0.2) is 43.0 Å². The Bertz CT molecular complexity index is 1510. The third-order valence-corrected chi connectivity index (χ3v) is 6.75. The van der Waals surface area contributed by atoms with Crippen molar-refractivity contribution < 1.29 is 37.9 Å². The minimum absolute atomic E-state index is 0.0913. The molecule has 0 fully saturated rings. The number of nitro groups is 1. The Morgan fingerprint density at radius 3 is 2.44 bits per heavy atom. The molecule has 0 saturated heterocycles. The molecule has 2 heterocycles. The monoisotopic (exact) mass is 552 g/mol. The molecular formula is C27H24N2O9S. The van der Waals surface area contributed by atoms with Crippen LogP contribution in [0.3, 0.4) is 0 Å². The Morgan fingerprint density at radius 2 is 1.82 bits per heavy atom. The van der Waals surface area contributed by atoms with Crippen LogP contribution in [0.2, 0.25) is 0 Å². The van der Waals surface area contributed by atoms with Gasteiger partial charge in [-0.1, -0.05) is 0 Å². The fraction of sp³-hybridized carbons (Fsp3) is 0.259. The minimum atomic E-state index is -0.686. The first-order valence-electron chi connectivity index (χ1n) is 11.7. The number of hydrogen-bond acceptors (Lipinski definition) is 11. The number of carbonyl (C=O) groups is 3. The number of allylic oxidation sites excluding steroid dienone is 1. The van der Waals surface area contributed by atoms with E-state index in [-0.39, 0.29) is 57.7 Å². The summed E-state index contributed by atoms with van der Waals surface area (Å²) in [5.74, 6) is -1.23. The molecule has 202 valence electrons. The van der Waals surface area contributed by atoms with Crippen molar-refractivity contribution in [2.45, 2.75) is 27.2 Å². The van der Waals surface area contributed by atoms with E-state index >= 15 is 0 Å². The third-order valence-electron chi connectivity index (χ3n) is 5.47. The number of Topliss-reactive ketones (excluding diaryl/α,β-unsaturated/α-hetero) is 1. The summed E-state index contributed by atoms with van der Waals surface area (Å²) in [6.07, 6.45) is 0.886. The Morgan fingerprint density at radius 1 is 1.13 bits per heavy atom. The summed E-state index contributed by atoms with van der Waals surface area (Å²) in [7, 11) is 1.41. The fourth-order valence-electron chi connectivity index (χ4n) is 3.70. The van der Waals surface area contributed by atoms with Gasteiger partial charge in [0.05, 0.1) is 41.9 Å².